The topological polar surface area (TPSA) is 47.6 Å². The zero-order valence-electron chi connectivity index (χ0n) is 12.5. The van der Waals surface area contributed by atoms with E-state index in [1.54, 1.807) is 12.1 Å². The Bertz CT molecular complexity index is 751. The number of anilines is 1. The Morgan fingerprint density at radius 1 is 1.00 bits per heavy atom. The summed E-state index contributed by atoms with van der Waals surface area (Å²) in [5.41, 5.74) is 1.31. The molecule has 0 atom stereocenters. The molecule has 2 aromatic carbocycles. The molecule has 5 heteroatoms. The van der Waals surface area contributed by atoms with E-state index in [1.165, 1.54) is 0 Å². The van der Waals surface area contributed by atoms with E-state index in [4.69, 9.17) is 9.47 Å². The van der Waals surface area contributed by atoms with Gasteiger partial charge in [-0.05, 0) is 49.2 Å². The van der Waals surface area contributed by atoms with Gasteiger partial charge in [0, 0.05) is 34.6 Å². The predicted molar refractivity (Wildman–Crippen MR) is 91.0 cm³/mol. The quantitative estimate of drug-likeness (QED) is 0.826. The summed E-state index contributed by atoms with van der Waals surface area (Å²) in [5.74, 6) is 0.845. The van der Waals surface area contributed by atoms with Gasteiger partial charge in [0.05, 0.1) is 0 Å². The number of amides is 1. The molecule has 0 unspecified atom stereocenters. The molecule has 1 spiro atoms. The molecule has 0 radical (unpaired) electrons. The maximum atomic E-state index is 12.3. The van der Waals surface area contributed by atoms with Crippen molar-refractivity contribution in [2.24, 2.45) is 0 Å². The number of halogens is 1. The third-order valence-electron chi connectivity index (χ3n) is 4.27. The van der Waals surface area contributed by atoms with Crippen molar-refractivity contribution in [3.8, 4) is 11.5 Å². The van der Waals surface area contributed by atoms with E-state index in [1.807, 2.05) is 30.3 Å². The molecule has 0 bridgehead atoms. The number of nitrogens with one attached hydrogen (secondary N) is 1. The zero-order chi connectivity index (χ0) is 15.9. The monoisotopic (exact) mass is 373 g/mol. The summed E-state index contributed by atoms with van der Waals surface area (Å²) in [6, 6.07) is 12.8. The molecule has 0 saturated heterocycles. The normalized spacial score (nSPS) is 17.4. The average Bonchev–Trinajstić information content (AvgIpc) is 3.14. The first kappa shape index (κ1) is 14.6. The Morgan fingerprint density at radius 2 is 1.70 bits per heavy atom. The third kappa shape index (κ3) is 2.81. The Kier molecular flexibility index (Phi) is 3.53. The minimum absolute atomic E-state index is 0.146. The van der Waals surface area contributed by atoms with Crippen LogP contribution in [0.3, 0.4) is 0 Å². The molecule has 1 N–H and O–H groups in total. The van der Waals surface area contributed by atoms with Crippen molar-refractivity contribution in [1.82, 2.24) is 0 Å². The molecule has 0 aromatic heterocycles. The maximum Gasteiger partial charge on any atom is 0.255 e. The van der Waals surface area contributed by atoms with Crippen LogP contribution >= 0.6 is 15.9 Å². The highest BCUT2D eigenvalue weighted by Crippen LogP contribution is 2.47. The molecule has 1 aliphatic heterocycles. The van der Waals surface area contributed by atoms with Gasteiger partial charge in [-0.1, -0.05) is 15.9 Å². The van der Waals surface area contributed by atoms with Crippen LogP contribution in [0.2, 0.25) is 0 Å². The third-order valence-corrected chi connectivity index (χ3v) is 4.79. The van der Waals surface area contributed by atoms with Crippen LogP contribution in [0.25, 0.3) is 0 Å². The second kappa shape index (κ2) is 5.57. The lowest BCUT2D eigenvalue weighted by molar-refractivity contribution is -0.0716. The lowest BCUT2D eigenvalue weighted by atomic mass is 10.2. The number of carbonyl (C=O) groups excluding carboxylic acids is 1. The van der Waals surface area contributed by atoms with E-state index in [9.17, 15) is 4.79 Å². The van der Waals surface area contributed by atoms with E-state index in [-0.39, 0.29) is 5.91 Å². The molecule has 2 aliphatic rings. The molecule has 2 aromatic rings. The van der Waals surface area contributed by atoms with E-state index < -0.39 is 5.79 Å². The fourth-order valence-electron chi connectivity index (χ4n) is 3.09. The second-order valence-electron chi connectivity index (χ2n) is 5.94. The van der Waals surface area contributed by atoms with Gasteiger partial charge in [-0.2, -0.15) is 0 Å². The lowest BCUT2D eigenvalue weighted by Gasteiger charge is -2.21. The standard InChI is InChI=1S/C18H16BrNO3/c19-13-5-3-12(4-6-13)17(21)20-14-7-8-15-16(11-14)23-18(22-15)9-1-2-10-18/h3-8,11H,1-2,9-10H2,(H,20,21). The van der Waals surface area contributed by atoms with Crippen LogP contribution in [-0.4, -0.2) is 11.7 Å². The van der Waals surface area contributed by atoms with Gasteiger partial charge in [-0.25, -0.2) is 0 Å². The van der Waals surface area contributed by atoms with Crippen molar-refractivity contribution in [1.29, 1.82) is 0 Å². The number of rotatable bonds is 2. The summed E-state index contributed by atoms with van der Waals surface area (Å²) in [7, 11) is 0. The van der Waals surface area contributed by atoms with Crippen molar-refractivity contribution >= 4 is 27.5 Å². The molecular formula is C18H16BrNO3. The SMILES string of the molecule is O=C(Nc1ccc2c(c1)OC1(CCCC1)O2)c1ccc(Br)cc1. The fraction of sp³-hybridized carbons (Fsp3) is 0.278. The molecule has 4 rings (SSSR count). The minimum Gasteiger partial charge on any atom is -0.448 e. The van der Waals surface area contributed by atoms with Crippen molar-refractivity contribution < 1.29 is 14.3 Å². The van der Waals surface area contributed by atoms with Gasteiger partial charge in [0.15, 0.2) is 11.5 Å². The second-order valence-corrected chi connectivity index (χ2v) is 6.86. The first-order chi connectivity index (χ1) is 11.1. The molecule has 118 valence electrons. The average molecular weight is 374 g/mol. The van der Waals surface area contributed by atoms with Gasteiger partial charge in [-0.3, -0.25) is 4.79 Å². The molecular weight excluding hydrogens is 358 g/mol. The number of hydrogen-bond donors (Lipinski definition) is 1. The number of carbonyl (C=O) groups is 1. The van der Waals surface area contributed by atoms with Crippen molar-refractivity contribution in [2.45, 2.75) is 31.5 Å². The van der Waals surface area contributed by atoms with Crippen LogP contribution in [0.4, 0.5) is 5.69 Å². The Hall–Kier alpha value is -2.01. The molecule has 1 fully saturated rings. The van der Waals surface area contributed by atoms with Crippen LogP contribution in [0, 0.1) is 0 Å². The lowest BCUT2D eigenvalue weighted by Crippen LogP contribution is -2.34. The highest BCUT2D eigenvalue weighted by molar-refractivity contribution is 9.10. The van der Waals surface area contributed by atoms with Gasteiger partial charge >= 0.3 is 0 Å². The highest BCUT2D eigenvalue weighted by Gasteiger charge is 2.44. The molecule has 4 nitrogen and oxygen atoms in total. The van der Waals surface area contributed by atoms with Crippen LogP contribution in [0.15, 0.2) is 46.9 Å². The molecule has 1 amide bonds. The van der Waals surface area contributed by atoms with Crippen LogP contribution in [0.5, 0.6) is 11.5 Å². The Balaban J connectivity index is 1.51. The van der Waals surface area contributed by atoms with Crippen molar-refractivity contribution in [3.63, 3.8) is 0 Å². The molecule has 1 aliphatic carbocycles. The van der Waals surface area contributed by atoms with E-state index in [0.29, 0.717) is 17.0 Å². The van der Waals surface area contributed by atoms with E-state index in [0.717, 1.165) is 35.9 Å². The summed E-state index contributed by atoms with van der Waals surface area (Å²) in [6.07, 6.45) is 4.09. The molecule has 23 heavy (non-hydrogen) atoms. The molecule has 1 heterocycles. The maximum absolute atomic E-state index is 12.3. The summed E-state index contributed by atoms with van der Waals surface area (Å²) < 4.78 is 12.9. The summed E-state index contributed by atoms with van der Waals surface area (Å²) >= 11 is 3.36. The first-order valence-electron chi connectivity index (χ1n) is 7.73. The van der Waals surface area contributed by atoms with Gasteiger partial charge in [0.2, 0.25) is 0 Å². The summed E-state index contributed by atoms with van der Waals surface area (Å²) in [5, 5.41) is 2.90. The van der Waals surface area contributed by atoms with Crippen LogP contribution in [-0.2, 0) is 0 Å². The number of hydrogen-bond acceptors (Lipinski definition) is 3. The largest absolute Gasteiger partial charge is 0.448 e. The zero-order valence-corrected chi connectivity index (χ0v) is 14.1. The number of ether oxygens (including phenoxy) is 2. The first-order valence-corrected chi connectivity index (χ1v) is 8.52. The Labute approximate surface area is 142 Å². The van der Waals surface area contributed by atoms with Gasteiger partial charge in [0.1, 0.15) is 0 Å². The molecule has 1 saturated carbocycles. The van der Waals surface area contributed by atoms with E-state index in [2.05, 4.69) is 21.2 Å². The van der Waals surface area contributed by atoms with Crippen molar-refractivity contribution in [2.75, 3.05) is 5.32 Å². The predicted octanol–water partition coefficient (Wildman–Crippen LogP) is 4.74. The smallest absolute Gasteiger partial charge is 0.255 e. The van der Waals surface area contributed by atoms with Gasteiger partial charge in [-0.15, -0.1) is 0 Å². The minimum atomic E-state index is -0.476. The Morgan fingerprint density at radius 3 is 2.43 bits per heavy atom. The van der Waals surface area contributed by atoms with E-state index >= 15 is 0 Å². The summed E-state index contributed by atoms with van der Waals surface area (Å²) in [6.45, 7) is 0. The van der Waals surface area contributed by atoms with Crippen LogP contribution in [0.1, 0.15) is 36.0 Å². The van der Waals surface area contributed by atoms with Crippen molar-refractivity contribution in [3.05, 3.63) is 52.5 Å². The summed E-state index contributed by atoms with van der Waals surface area (Å²) in [4.78, 5) is 12.3. The number of fused-ring (bicyclic) bond motifs is 1. The van der Waals surface area contributed by atoms with Crippen LogP contribution < -0.4 is 14.8 Å². The van der Waals surface area contributed by atoms with Gasteiger partial charge in [0.25, 0.3) is 11.7 Å². The highest BCUT2D eigenvalue weighted by atomic mass is 79.9. The van der Waals surface area contributed by atoms with Gasteiger partial charge < -0.3 is 14.8 Å². The number of benzene rings is 2. The fourth-order valence-corrected chi connectivity index (χ4v) is 3.36.